The summed E-state index contributed by atoms with van der Waals surface area (Å²) in [4.78, 5) is 25.3. The number of anilines is 2. The van der Waals surface area contributed by atoms with Crippen LogP contribution in [0.25, 0.3) is 5.69 Å². The quantitative estimate of drug-likeness (QED) is 0.639. The van der Waals surface area contributed by atoms with Crippen molar-refractivity contribution in [3.8, 4) is 5.69 Å². The molecule has 3 aromatic rings. The van der Waals surface area contributed by atoms with Crippen LogP contribution >= 0.6 is 0 Å². The monoisotopic (exact) mass is 403 g/mol. The van der Waals surface area contributed by atoms with Crippen LogP contribution in [0.5, 0.6) is 0 Å². The largest absolute Gasteiger partial charge is 0.461 e. The molecule has 0 spiro atoms. The number of aromatic nitrogens is 2. The molecule has 1 atom stereocenters. The molecule has 0 saturated heterocycles. The van der Waals surface area contributed by atoms with Gasteiger partial charge in [-0.2, -0.15) is 10.2 Å². The highest BCUT2D eigenvalue weighted by atomic mass is 16.5. The summed E-state index contributed by atoms with van der Waals surface area (Å²) in [6.07, 6.45) is 3.68. The second-order valence-corrected chi connectivity index (χ2v) is 6.66. The number of carbonyl (C=O) groups is 2. The number of ether oxygens (including phenoxy) is 1. The fourth-order valence-electron chi connectivity index (χ4n) is 3.24. The van der Waals surface area contributed by atoms with Gasteiger partial charge in [-0.25, -0.2) is 9.48 Å². The van der Waals surface area contributed by atoms with Gasteiger partial charge in [-0.05, 0) is 43.3 Å². The summed E-state index contributed by atoms with van der Waals surface area (Å²) in [5.41, 5.74) is 2.41. The molecular formula is C22H21N5O3. The van der Waals surface area contributed by atoms with Crippen molar-refractivity contribution in [2.24, 2.45) is 5.10 Å². The molecule has 8 heteroatoms. The van der Waals surface area contributed by atoms with Crippen molar-refractivity contribution in [3.05, 3.63) is 73.1 Å². The molecule has 2 heterocycles. The Morgan fingerprint density at radius 3 is 2.63 bits per heavy atom. The number of para-hydroxylation sites is 1. The van der Waals surface area contributed by atoms with E-state index in [0.29, 0.717) is 5.69 Å². The van der Waals surface area contributed by atoms with Crippen LogP contribution in [-0.4, -0.2) is 40.0 Å². The summed E-state index contributed by atoms with van der Waals surface area (Å²) < 4.78 is 6.79. The minimum absolute atomic E-state index is 0.165. The standard InChI is InChI=1S/C22H21N5O3/c1-2-30-22(29)19-15-20(27(25-19)17-9-4-3-5-10-17)21(28)24-16-8-6-11-18(14-16)26-13-7-12-23-26/h3-14,20H,2,15H2,1H3,(H,24,28). The van der Waals surface area contributed by atoms with Crippen molar-refractivity contribution in [2.75, 3.05) is 16.9 Å². The highest BCUT2D eigenvalue weighted by Crippen LogP contribution is 2.26. The third-order valence-corrected chi connectivity index (χ3v) is 4.63. The lowest BCUT2D eigenvalue weighted by Gasteiger charge is -2.22. The number of esters is 1. The number of hydrazone groups is 1. The van der Waals surface area contributed by atoms with Crippen molar-refractivity contribution in [1.29, 1.82) is 0 Å². The summed E-state index contributed by atoms with van der Waals surface area (Å²) in [6.45, 7) is 1.99. The topological polar surface area (TPSA) is 88.8 Å². The summed E-state index contributed by atoms with van der Waals surface area (Å²) in [5, 5.41) is 13.1. The Hall–Kier alpha value is -3.94. The van der Waals surface area contributed by atoms with Crippen LogP contribution in [-0.2, 0) is 14.3 Å². The number of nitrogens with zero attached hydrogens (tertiary/aromatic N) is 4. The van der Waals surface area contributed by atoms with Crippen LogP contribution in [0.2, 0.25) is 0 Å². The molecule has 4 rings (SSSR count). The molecule has 1 aromatic heterocycles. The molecule has 1 aliphatic heterocycles. The molecule has 0 bridgehead atoms. The summed E-state index contributed by atoms with van der Waals surface area (Å²) in [6, 6.07) is 17.8. The van der Waals surface area contributed by atoms with Crippen molar-refractivity contribution in [2.45, 2.75) is 19.4 Å². The maximum Gasteiger partial charge on any atom is 0.354 e. The molecule has 8 nitrogen and oxygen atoms in total. The number of nitrogens with one attached hydrogen (secondary N) is 1. The van der Waals surface area contributed by atoms with Crippen LogP contribution in [0.15, 0.2) is 78.2 Å². The average molecular weight is 403 g/mol. The maximum atomic E-state index is 13.1. The predicted octanol–water partition coefficient (Wildman–Crippen LogP) is 3.01. The van der Waals surface area contributed by atoms with E-state index < -0.39 is 12.0 Å². The molecule has 1 aliphatic rings. The van der Waals surface area contributed by atoms with E-state index in [9.17, 15) is 9.59 Å². The Morgan fingerprint density at radius 2 is 1.90 bits per heavy atom. The zero-order valence-corrected chi connectivity index (χ0v) is 16.4. The van der Waals surface area contributed by atoms with Gasteiger partial charge in [-0.1, -0.05) is 24.3 Å². The van der Waals surface area contributed by atoms with Gasteiger partial charge in [0.05, 0.1) is 18.0 Å². The fourth-order valence-corrected chi connectivity index (χ4v) is 3.24. The number of hydrogen-bond donors (Lipinski definition) is 1. The van der Waals surface area contributed by atoms with E-state index in [4.69, 9.17) is 4.74 Å². The van der Waals surface area contributed by atoms with Gasteiger partial charge in [0.15, 0.2) is 0 Å². The highest BCUT2D eigenvalue weighted by Gasteiger charge is 2.36. The molecule has 1 N–H and O–H groups in total. The van der Waals surface area contributed by atoms with Gasteiger partial charge in [0, 0.05) is 24.5 Å². The Bertz CT molecular complexity index is 1060. The first kappa shape index (κ1) is 19.4. The summed E-state index contributed by atoms with van der Waals surface area (Å²) >= 11 is 0. The lowest BCUT2D eigenvalue weighted by Crippen LogP contribution is -2.38. The smallest absolute Gasteiger partial charge is 0.354 e. The van der Waals surface area contributed by atoms with Crippen LogP contribution < -0.4 is 10.3 Å². The minimum atomic E-state index is -0.667. The van der Waals surface area contributed by atoms with Crippen LogP contribution in [0.4, 0.5) is 11.4 Å². The van der Waals surface area contributed by atoms with Crippen LogP contribution in [0.3, 0.4) is 0 Å². The third kappa shape index (κ3) is 4.07. The molecule has 30 heavy (non-hydrogen) atoms. The first-order valence-electron chi connectivity index (χ1n) is 9.65. The molecule has 152 valence electrons. The van der Waals surface area contributed by atoms with E-state index in [-0.39, 0.29) is 24.6 Å². The van der Waals surface area contributed by atoms with Gasteiger partial charge in [-0.15, -0.1) is 0 Å². The van der Waals surface area contributed by atoms with Crippen molar-refractivity contribution < 1.29 is 14.3 Å². The Kier molecular flexibility index (Phi) is 5.56. The van der Waals surface area contributed by atoms with Gasteiger partial charge < -0.3 is 10.1 Å². The molecule has 0 saturated carbocycles. The van der Waals surface area contributed by atoms with E-state index in [1.54, 1.807) is 28.9 Å². The van der Waals surface area contributed by atoms with E-state index in [2.05, 4.69) is 15.5 Å². The van der Waals surface area contributed by atoms with E-state index >= 15 is 0 Å². The van der Waals surface area contributed by atoms with Crippen LogP contribution in [0.1, 0.15) is 13.3 Å². The predicted molar refractivity (Wildman–Crippen MR) is 114 cm³/mol. The molecule has 0 fully saturated rings. The Morgan fingerprint density at radius 1 is 1.10 bits per heavy atom. The zero-order valence-electron chi connectivity index (χ0n) is 16.4. The number of carbonyl (C=O) groups excluding carboxylic acids is 2. The van der Waals surface area contributed by atoms with E-state index in [1.165, 1.54) is 0 Å². The van der Waals surface area contributed by atoms with Crippen molar-refractivity contribution in [3.63, 3.8) is 0 Å². The number of benzene rings is 2. The summed E-state index contributed by atoms with van der Waals surface area (Å²) in [5.74, 6) is -0.770. The Balaban J connectivity index is 1.56. The molecule has 1 amide bonds. The second kappa shape index (κ2) is 8.60. The molecular weight excluding hydrogens is 382 g/mol. The number of amides is 1. The first-order valence-corrected chi connectivity index (χ1v) is 9.65. The molecule has 0 aliphatic carbocycles. The van der Waals surface area contributed by atoms with Gasteiger partial charge in [0.2, 0.25) is 5.91 Å². The zero-order chi connectivity index (χ0) is 20.9. The first-order chi connectivity index (χ1) is 14.7. The lowest BCUT2D eigenvalue weighted by atomic mass is 10.1. The van der Waals surface area contributed by atoms with Crippen molar-refractivity contribution in [1.82, 2.24) is 9.78 Å². The van der Waals surface area contributed by atoms with Gasteiger partial charge in [0.1, 0.15) is 11.8 Å². The molecule has 0 radical (unpaired) electrons. The SMILES string of the molecule is CCOC(=O)C1=NN(c2ccccc2)C(C(=O)Nc2cccc(-n3cccn3)c2)C1. The van der Waals surface area contributed by atoms with Crippen molar-refractivity contribution >= 4 is 29.0 Å². The fraction of sp³-hybridized carbons (Fsp3) is 0.182. The highest BCUT2D eigenvalue weighted by molar-refractivity contribution is 6.38. The maximum absolute atomic E-state index is 13.1. The van der Waals surface area contributed by atoms with Crippen LogP contribution in [0, 0.1) is 0 Å². The normalized spacial score (nSPS) is 15.6. The summed E-state index contributed by atoms with van der Waals surface area (Å²) in [7, 11) is 0. The molecule has 1 unspecified atom stereocenters. The molecule has 2 aromatic carbocycles. The average Bonchev–Trinajstić information content (AvgIpc) is 3.45. The van der Waals surface area contributed by atoms with E-state index in [1.807, 2.05) is 60.8 Å². The number of hydrogen-bond acceptors (Lipinski definition) is 6. The van der Waals surface area contributed by atoms with Gasteiger partial charge in [-0.3, -0.25) is 9.80 Å². The minimum Gasteiger partial charge on any atom is -0.461 e. The Labute approximate surface area is 173 Å². The third-order valence-electron chi connectivity index (χ3n) is 4.63. The van der Waals surface area contributed by atoms with E-state index in [0.717, 1.165) is 11.4 Å². The van der Waals surface area contributed by atoms with Gasteiger partial charge in [0.25, 0.3) is 0 Å². The number of rotatable bonds is 6. The van der Waals surface area contributed by atoms with Gasteiger partial charge >= 0.3 is 5.97 Å². The second-order valence-electron chi connectivity index (χ2n) is 6.66. The lowest BCUT2D eigenvalue weighted by molar-refractivity contribution is -0.135.